The largest absolute Gasteiger partial charge is 0.268 e. The van der Waals surface area contributed by atoms with Gasteiger partial charge in [-0.25, -0.2) is 4.68 Å². The third kappa shape index (κ3) is 2.35. The first-order valence-corrected chi connectivity index (χ1v) is 3.96. The first-order valence-electron chi connectivity index (χ1n) is 3.42. The summed E-state index contributed by atoms with van der Waals surface area (Å²) < 4.78 is 1.41. The zero-order chi connectivity index (χ0) is 8.10. The highest BCUT2D eigenvalue weighted by atomic mass is 35.5. The molecule has 0 saturated carbocycles. The van der Waals surface area contributed by atoms with Gasteiger partial charge in [0.2, 0.25) is 0 Å². The van der Waals surface area contributed by atoms with Crippen LogP contribution in [-0.4, -0.2) is 15.7 Å². The lowest BCUT2D eigenvalue weighted by Crippen LogP contribution is -2.21. The summed E-state index contributed by atoms with van der Waals surface area (Å²) >= 11 is 5.46. The van der Waals surface area contributed by atoms with E-state index in [4.69, 9.17) is 11.6 Å². The molecule has 0 saturated heterocycles. The van der Waals surface area contributed by atoms with Crippen LogP contribution in [0.25, 0.3) is 0 Å². The van der Waals surface area contributed by atoms with Crippen molar-refractivity contribution in [2.75, 3.05) is 5.88 Å². The summed E-state index contributed by atoms with van der Waals surface area (Å²) in [6.45, 7) is 0.600. The highest BCUT2D eigenvalue weighted by Gasteiger charge is 1.92. The van der Waals surface area contributed by atoms with E-state index >= 15 is 0 Å². The van der Waals surface area contributed by atoms with Crippen LogP contribution < -0.4 is 5.56 Å². The minimum absolute atomic E-state index is 0.0717. The summed E-state index contributed by atoms with van der Waals surface area (Å²) in [4.78, 5) is 11.0. The van der Waals surface area contributed by atoms with Gasteiger partial charge in [-0.3, -0.25) is 4.79 Å². The molecular weight excluding hydrogens is 164 g/mol. The molecule has 0 spiro atoms. The van der Waals surface area contributed by atoms with E-state index in [9.17, 15) is 4.79 Å². The zero-order valence-corrected chi connectivity index (χ0v) is 6.79. The minimum Gasteiger partial charge on any atom is -0.268 e. The topological polar surface area (TPSA) is 34.9 Å². The molecule has 0 aliphatic heterocycles. The second-order valence-corrected chi connectivity index (χ2v) is 2.51. The van der Waals surface area contributed by atoms with Crippen LogP contribution >= 0.6 is 11.6 Å². The maximum atomic E-state index is 11.0. The van der Waals surface area contributed by atoms with Crippen molar-refractivity contribution in [2.24, 2.45) is 0 Å². The Labute approximate surface area is 69.6 Å². The van der Waals surface area contributed by atoms with Gasteiger partial charge in [-0.2, -0.15) is 5.10 Å². The summed E-state index contributed by atoms with van der Waals surface area (Å²) in [5, 5.41) is 3.86. The molecule has 3 nitrogen and oxygen atoms in total. The van der Waals surface area contributed by atoms with E-state index in [0.29, 0.717) is 12.4 Å². The Morgan fingerprint density at radius 1 is 1.64 bits per heavy atom. The van der Waals surface area contributed by atoms with Crippen molar-refractivity contribution in [3.63, 3.8) is 0 Å². The monoisotopic (exact) mass is 172 g/mol. The van der Waals surface area contributed by atoms with Crippen LogP contribution in [0.4, 0.5) is 0 Å². The van der Waals surface area contributed by atoms with Crippen molar-refractivity contribution < 1.29 is 0 Å². The molecule has 1 heterocycles. The summed E-state index contributed by atoms with van der Waals surface area (Å²) in [6.07, 6.45) is 2.37. The molecule has 0 atom stereocenters. The molecule has 0 aliphatic carbocycles. The molecule has 0 aliphatic rings. The highest BCUT2D eigenvalue weighted by Crippen LogP contribution is 1.86. The summed E-state index contributed by atoms with van der Waals surface area (Å²) in [7, 11) is 0. The number of hydrogen-bond donors (Lipinski definition) is 0. The fraction of sp³-hybridized carbons (Fsp3) is 0.429. The van der Waals surface area contributed by atoms with Gasteiger partial charge in [0.1, 0.15) is 0 Å². The van der Waals surface area contributed by atoms with Gasteiger partial charge in [-0.05, 0) is 12.5 Å². The Bertz CT molecular complexity index is 271. The number of aromatic nitrogens is 2. The molecule has 0 N–H and O–H groups in total. The van der Waals surface area contributed by atoms with E-state index in [1.807, 2.05) is 0 Å². The van der Waals surface area contributed by atoms with Gasteiger partial charge in [-0.15, -0.1) is 11.6 Å². The van der Waals surface area contributed by atoms with Crippen LogP contribution in [0.5, 0.6) is 0 Å². The van der Waals surface area contributed by atoms with Crippen molar-refractivity contribution in [3.05, 3.63) is 28.7 Å². The van der Waals surface area contributed by atoms with Crippen LogP contribution in [0.1, 0.15) is 6.42 Å². The molecule has 0 aromatic carbocycles. The fourth-order valence-corrected chi connectivity index (χ4v) is 0.884. The predicted octanol–water partition coefficient (Wildman–Crippen LogP) is 0.872. The lowest BCUT2D eigenvalue weighted by molar-refractivity contribution is 0.570. The van der Waals surface area contributed by atoms with Gasteiger partial charge in [0.05, 0.1) is 0 Å². The van der Waals surface area contributed by atoms with Crippen LogP contribution in [0.3, 0.4) is 0 Å². The molecule has 0 amide bonds. The predicted molar refractivity (Wildman–Crippen MR) is 43.8 cm³/mol. The lowest BCUT2D eigenvalue weighted by Gasteiger charge is -1.99. The Hall–Kier alpha value is -0.830. The molecule has 1 aromatic heterocycles. The lowest BCUT2D eigenvalue weighted by atomic mass is 10.5. The molecule has 4 heteroatoms. The third-order valence-electron chi connectivity index (χ3n) is 1.29. The molecule has 0 radical (unpaired) electrons. The number of alkyl halides is 1. The van der Waals surface area contributed by atoms with Crippen molar-refractivity contribution in [2.45, 2.75) is 13.0 Å². The number of aryl methyl sites for hydroxylation is 1. The SMILES string of the molecule is O=c1cccnn1CCCCl. The second-order valence-electron chi connectivity index (χ2n) is 2.13. The number of halogens is 1. The number of rotatable bonds is 3. The standard InChI is InChI=1S/C7H9ClN2O/c8-4-2-6-10-7(11)3-1-5-9-10/h1,3,5H,2,4,6H2. The molecular formula is C7H9ClN2O. The van der Waals surface area contributed by atoms with Crippen LogP contribution in [0.15, 0.2) is 23.1 Å². The molecule has 0 bridgehead atoms. The van der Waals surface area contributed by atoms with Crippen LogP contribution in [-0.2, 0) is 6.54 Å². The van der Waals surface area contributed by atoms with Crippen LogP contribution in [0, 0.1) is 0 Å². The van der Waals surface area contributed by atoms with Gasteiger partial charge in [-0.1, -0.05) is 0 Å². The molecule has 60 valence electrons. The zero-order valence-electron chi connectivity index (χ0n) is 6.03. The third-order valence-corrected chi connectivity index (χ3v) is 1.56. The normalized spacial score (nSPS) is 9.91. The molecule has 1 aromatic rings. The van der Waals surface area contributed by atoms with E-state index in [0.717, 1.165) is 6.42 Å². The Kier molecular flexibility index (Phi) is 3.11. The van der Waals surface area contributed by atoms with Crippen LogP contribution in [0.2, 0.25) is 0 Å². The Morgan fingerprint density at radius 3 is 3.09 bits per heavy atom. The second kappa shape index (κ2) is 4.13. The van der Waals surface area contributed by atoms with E-state index in [1.165, 1.54) is 10.7 Å². The number of hydrogen-bond acceptors (Lipinski definition) is 2. The van der Waals surface area contributed by atoms with Crippen molar-refractivity contribution >= 4 is 11.6 Å². The van der Waals surface area contributed by atoms with Gasteiger partial charge in [0.15, 0.2) is 0 Å². The van der Waals surface area contributed by atoms with E-state index in [-0.39, 0.29) is 5.56 Å². The maximum Gasteiger partial charge on any atom is 0.266 e. The first kappa shape index (κ1) is 8.27. The van der Waals surface area contributed by atoms with Crippen molar-refractivity contribution in [1.29, 1.82) is 0 Å². The Morgan fingerprint density at radius 2 is 2.45 bits per heavy atom. The van der Waals surface area contributed by atoms with Crippen molar-refractivity contribution in [3.8, 4) is 0 Å². The average molecular weight is 173 g/mol. The Balaban J connectivity index is 2.70. The van der Waals surface area contributed by atoms with Gasteiger partial charge >= 0.3 is 0 Å². The molecule has 1 rings (SSSR count). The van der Waals surface area contributed by atoms with Gasteiger partial charge < -0.3 is 0 Å². The fourth-order valence-electron chi connectivity index (χ4n) is 0.765. The summed E-state index contributed by atoms with van der Waals surface area (Å²) in [6, 6.07) is 3.11. The summed E-state index contributed by atoms with van der Waals surface area (Å²) in [5.41, 5.74) is -0.0717. The molecule has 0 unspecified atom stereocenters. The quantitative estimate of drug-likeness (QED) is 0.635. The molecule has 11 heavy (non-hydrogen) atoms. The highest BCUT2D eigenvalue weighted by molar-refractivity contribution is 6.17. The smallest absolute Gasteiger partial charge is 0.266 e. The van der Waals surface area contributed by atoms with Gasteiger partial charge in [0.25, 0.3) is 5.56 Å². The van der Waals surface area contributed by atoms with E-state index in [1.54, 1.807) is 12.3 Å². The van der Waals surface area contributed by atoms with Gasteiger partial charge in [0, 0.05) is 24.7 Å². The average Bonchev–Trinajstić information content (AvgIpc) is 2.03. The molecule has 0 fully saturated rings. The number of nitrogens with zero attached hydrogens (tertiary/aromatic N) is 2. The minimum atomic E-state index is -0.0717. The van der Waals surface area contributed by atoms with Crippen molar-refractivity contribution in [1.82, 2.24) is 9.78 Å². The summed E-state index contributed by atoms with van der Waals surface area (Å²) in [5.74, 6) is 0.559. The van der Waals surface area contributed by atoms with E-state index < -0.39 is 0 Å². The first-order chi connectivity index (χ1) is 5.34. The van der Waals surface area contributed by atoms with E-state index in [2.05, 4.69) is 5.10 Å². The maximum absolute atomic E-state index is 11.0.